The number of anilines is 1. The third kappa shape index (κ3) is 6.72. The van der Waals surface area contributed by atoms with E-state index in [2.05, 4.69) is 32.6 Å². The van der Waals surface area contributed by atoms with Crippen molar-refractivity contribution in [3.63, 3.8) is 0 Å². The molecule has 2 aromatic carbocycles. The predicted molar refractivity (Wildman–Crippen MR) is 122 cm³/mol. The highest BCUT2D eigenvalue weighted by molar-refractivity contribution is 6.35. The molecule has 7 nitrogen and oxygen atoms in total. The van der Waals surface area contributed by atoms with Gasteiger partial charge in [0.2, 0.25) is 0 Å². The first kappa shape index (κ1) is 22.6. The molecular formula is C24H32N4O3. The molecule has 1 atom stereocenters. The Labute approximate surface area is 184 Å². The van der Waals surface area contributed by atoms with Crippen LogP contribution in [0.5, 0.6) is 5.75 Å². The molecule has 1 aliphatic rings. The lowest BCUT2D eigenvalue weighted by Gasteiger charge is -2.36. The van der Waals surface area contributed by atoms with Crippen molar-refractivity contribution in [2.24, 2.45) is 0 Å². The number of hydrogen-bond donors (Lipinski definition) is 2. The van der Waals surface area contributed by atoms with Crippen molar-refractivity contribution in [3.8, 4) is 5.75 Å². The summed E-state index contributed by atoms with van der Waals surface area (Å²) in [6, 6.07) is 17.5. The number of methoxy groups -OCH3 is 1. The fourth-order valence-electron chi connectivity index (χ4n) is 3.69. The first-order valence-corrected chi connectivity index (χ1v) is 10.8. The fraction of sp³-hybridized carbons (Fsp3) is 0.417. The molecule has 0 aliphatic carbocycles. The van der Waals surface area contributed by atoms with Gasteiger partial charge in [0.15, 0.2) is 0 Å². The Morgan fingerprint density at radius 2 is 1.65 bits per heavy atom. The minimum Gasteiger partial charge on any atom is -0.497 e. The van der Waals surface area contributed by atoms with Crippen molar-refractivity contribution in [2.45, 2.75) is 19.4 Å². The molecule has 3 rings (SSSR count). The van der Waals surface area contributed by atoms with E-state index in [1.54, 1.807) is 7.11 Å². The number of hydrogen-bond acceptors (Lipinski definition) is 5. The number of piperazine rings is 1. The Morgan fingerprint density at radius 3 is 2.29 bits per heavy atom. The van der Waals surface area contributed by atoms with Gasteiger partial charge in [0.1, 0.15) is 5.75 Å². The number of rotatable bonds is 8. The largest absolute Gasteiger partial charge is 0.497 e. The third-order valence-corrected chi connectivity index (χ3v) is 5.60. The Morgan fingerprint density at radius 1 is 0.968 bits per heavy atom. The number of nitrogens with zero attached hydrogens (tertiary/aromatic N) is 2. The molecule has 2 amide bonds. The molecule has 1 saturated heterocycles. The third-order valence-electron chi connectivity index (χ3n) is 5.60. The number of carbonyl (C=O) groups excluding carboxylic acids is 2. The van der Waals surface area contributed by atoms with Crippen LogP contribution in [0.1, 0.15) is 24.9 Å². The highest BCUT2D eigenvalue weighted by Crippen LogP contribution is 2.20. The van der Waals surface area contributed by atoms with E-state index in [0.29, 0.717) is 6.54 Å². The van der Waals surface area contributed by atoms with E-state index in [-0.39, 0.29) is 6.04 Å². The topological polar surface area (TPSA) is 73.9 Å². The van der Waals surface area contributed by atoms with Gasteiger partial charge in [-0.15, -0.1) is 0 Å². The van der Waals surface area contributed by atoms with Crippen LogP contribution in [0.4, 0.5) is 5.69 Å². The second kappa shape index (κ2) is 11.4. The molecular weight excluding hydrogens is 392 g/mol. The minimum atomic E-state index is -0.593. The smallest absolute Gasteiger partial charge is 0.309 e. The molecule has 2 aromatic rings. The van der Waals surface area contributed by atoms with Crippen LogP contribution in [0.25, 0.3) is 0 Å². The monoisotopic (exact) mass is 424 g/mol. The lowest BCUT2D eigenvalue weighted by molar-refractivity contribution is -0.139. The van der Waals surface area contributed by atoms with Crippen LogP contribution < -0.4 is 20.3 Å². The molecule has 1 unspecified atom stereocenters. The summed E-state index contributed by atoms with van der Waals surface area (Å²) in [5, 5.41) is 5.46. The molecule has 0 saturated carbocycles. The average Bonchev–Trinajstić information content (AvgIpc) is 2.82. The van der Waals surface area contributed by atoms with Gasteiger partial charge in [-0.05, 0) is 49.7 Å². The zero-order valence-electron chi connectivity index (χ0n) is 18.3. The maximum atomic E-state index is 12.1. The predicted octanol–water partition coefficient (Wildman–Crippen LogP) is 2.20. The molecule has 0 aromatic heterocycles. The second-order valence-electron chi connectivity index (χ2n) is 7.74. The fourth-order valence-corrected chi connectivity index (χ4v) is 3.69. The molecule has 1 heterocycles. The van der Waals surface area contributed by atoms with Crippen molar-refractivity contribution < 1.29 is 14.3 Å². The first-order valence-electron chi connectivity index (χ1n) is 10.8. The van der Waals surface area contributed by atoms with Gasteiger partial charge in [-0.1, -0.05) is 30.3 Å². The van der Waals surface area contributed by atoms with Crippen LogP contribution in [0.15, 0.2) is 54.6 Å². The molecule has 0 spiro atoms. The summed E-state index contributed by atoms with van der Waals surface area (Å²) < 4.78 is 5.22. The number of benzene rings is 2. The first-order chi connectivity index (χ1) is 15.1. The summed E-state index contributed by atoms with van der Waals surface area (Å²) in [7, 11) is 1.67. The Hall–Kier alpha value is -3.06. The number of nitrogens with one attached hydrogen (secondary N) is 2. The average molecular weight is 425 g/mol. The van der Waals surface area contributed by atoms with Crippen molar-refractivity contribution in [3.05, 3.63) is 60.2 Å². The number of amides is 2. The molecule has 0 radical (unpaired) electrons. The maximum Gasteiger partial charge on any atom is 0.309 e. The molecule has 1 aliphatic heterocycles. The van der Waals surface area contributed by atoms with Crippen molar-refractivity contribution >= 4 is 17.5 Å². The highest BCUT2D eigenvalue weighted by Gasteiger charge is 2.18. The van der Waals surface area contributed by atoms with E-state index in [4.69, 9.17) is 4.74 Å². The van der Waals surface area contributed by atoms with Gasteiger partial charge in [0.25, 0.3) is 0 Å². The van der Waals surface area contributed by atoms with Crippen LogP contribution in [-0.4, -0.2) is 63.1 Å². The Bertz CT molecular complexity index is 834. The summed E-state index contributed by atoms with van der Waals surface area (Å²) in [6.45, 7) is 7.16. The zero-order chi connectivity index (χ0) is 22.1. The standard InChI is InChI=1S/C24H32N4O3/c1-19(20-7-4-3-5-8-20)26-24(30)23(29)25-13-6-14-27-15-17-28(18-16-27)21-9-11-22(31-2)12-10-21/h3-5,7-12,19H,6,13-18H2,1-2H3,(H,25,29)(H,26,30). The van der Waals surface area contributed by atoms with E-state index in [1.165, 1.54) is 5.69 Å². The molecule has 31 heavy (non-hydrogen) atoms. The summed E-state index contributed by atoms with van der Waals surface area (Å²) in [5.41, 5.74) is 2.18. The van der Waals surface area contributed by atoms with Crippen LogP contribution in [-0.2, 0) is 9.59 Å². The normalized spacial score (nSPS) is 15.2. The lowest BCUT2D eigenvalue weighted by Crippen LogP contribution is -2.47. The van der Waals surface area contributed by atoms with Gasteiger partial charge >= 0.3 is 11.8 Å². The summed E-state index contributed by atoms with van der Waals surface area (Å²) in [4.78, 5) is 28.9. The van der Waals surface area contributed by atoms with Crippen molar-refractivity contribution in [2.75, 3.05) is 51.3 Å². The zero-order valence-corrected chi connectivity index (χ0v) is 18.3. The van der Waals surface area contributed by atoms with E-state index in [1.807, 2.05) is 49.4 Å². The highest BCUT2D eigenvalue weighted by atomic mass is 16.5. The molecule has 166 valence electrons. The van der Waals surface area contributed by atoms with Gasteiger partial charge in [-0.3, -0.25) is 14.5 Å². The van der Waals surface area contributed by atoms with Crippen molar-refractivity contribution in [1.29, 1.82) is 0 Å². The molecule has 0 bridgehead atoms. The van der Waals surface area contributed by atoms with Gasteiger partial charge < -0.3 is 20.3 Å². The Balaban J connectivity index is 1.31. The van der Waals surface area contributed by atoms with E-state index >= 15 is 0 Å². The number of carbonyl (C=O) groups is 2. The van der Waals surface area contributed by atoms with Crippen LogP contribution in [0.3, 0.4) is 0 Å². The minimum absolute atomic E-state index is 0.207. The SMILES string of the molecule is COc1ccc(N2CCN(CCCNC(=O)C(=O)NC(C)c3ccccc3)CC2)cc1. The molecule has 7 heteroatoms. The van der Waals surface area contributed by atoms with Gasteiger partial charge in [0, 0.05) is 38.4 Å². The molecule has 1 fully saturated rings. The Kier molecular flexibility index (Phi) is 8.29. The quantitative estimate of drug-likeness (QED) is 0.502. The lowest BCUT2D eigenvalue weighted by atomic mass is 10.1. The van der Waals surface area contributed by atoms with Gasteiger partial charge in [-0.25, -0.2) is 0 Å². The van der Waals surface area contributed by atoms with Gasteiger partial charge in [0.05, 0.1) is 13.2 Å². The van der Waals surface area contributed by atoms with Crippen LogP contribution >= 0.6 is 0 Å². The number of ether oxygens (including phenoxy) is 1. The maximum absolute atomic E-state index is 12.1. The van der Waals surface area contributed by atoms with E-state index in [9.17, 15) is 9.59 Å². The summed E-state index contributed by atoms with van der Waals surface area (Å²) in [5.74, 6) is -0.302. The summed E-state index contributed by atoms with van der Waals surface area (Å²) in [6.07, 6.45) is 0.815. The van der Waals surface area contributed by atoms with Crippen LogP contribution in [0, 0.1) is 0 Å². The van der Waals surface area contributed by atoms with E-state index in [0.717, 1.165) is 50.5 Å². The van der Waals surface area contributed by atoms with Crippen molar-refractivity contribution in [1.82, 2.24) is 15.5 Å². The second-order valence-corrected chi connectivity index (χ2v) is 7.74. The summed E-state index contributed by atoms with van der Waals surface area (Å²) >= 11 is 0. The van der Waals surface area contributed by atoms with Gasteiger partial charge in [-0.2, -0.15) is 0 Å². The molecule has 2 N–H and O–H groups in total. The van der Waals surface area contributed by atoms with Crippen LogP contribution in [0.2, 0.25) is 0 Å². The van der Waals surface area contributed by atoms with E-state index < -0.39 is 11.8 Å².